The number of halogens is 1. The molecular formula is C17H13BrN4O3. The Morgan fingerprint density at radius 2 is 1.76 bits per heavy atom. The fourth-order valence-corrected chi connectivity index (χ4v) is 2.19. The van der Waals surface area contributed by atoms with Gasteiger partial charge in [-0.05, 0) is 42.5 Å². The zero-order chi connectivity index (χ0) is 17.6. The monoisotopic (exact) mass is 400 g/mol. The summed E-state index contributed by atoms with van der Waals surface area (Å²) < 4.78 is 6.52. The maximum absolute atomic E-state index is 12.0. The number of carbonyl (C=O) groups excluding carboxylic acids is 2. The van der Waals surface area contributed by atoms with Gasteiger partial charge in [-0.1, -0.05) is 15.9 Å². The van der Waals surface area contributed by atoms with Crippen LogP contribution in [0.5, 0.6) is 11.6 Å². The highest BCUT2D eigenvalue weighted by molar-refractivity contribution is 9.10. The summed E-state index contributed by atoms with van der Waals surface area (Å²) >= 11 is 3.35. The van der Waals surface area contributed by atoms with Crippen molar-refractivity contribution in [3.63, 3.8) is 0 Å². The van der Waals surface area contributed by atoms with Gasteiger partial charge in [-0.25, -0.2) is 4.98 Å². The molecular weight excluding hydrogens is 388 g/mol. The minimum Gasteiger partial charge on any atom is -0.439 e. The predicted molar refractivity (Wildman–Crippen MR) is 94.2 cm³/mol. The molecule has 0 saturated heterocycles. The quantitative estimate of drug-likeness (QED) is 0.586. The lowest BCUT2D eigenvalue weighted by Crippen LogP contribution is -2.41. The number of H-pyrrole nitrogens is 1. The number of carbonyl (C=O) groups is 2. The van der Waals surface area contributed by atoms with Crippen molar-refractivity contribution < 1.29 is 14.3 Å². The van der Waals surface area contributed by atoms with Crippen molar-refractivity contribution in [1.82, 2.24) is 20.8 Å². The van der Waals surface area contributed by atoms with Crippen LogP contribution in [0.2, 0.25) is 0 Å². The molecule has 126 valence electrons. The molecule has 0 radical (unpaired) electrons. The Labute approximate surface area is 151 Å². The Bertz CT molecular complexity index is 862. The Hall–Kier alpha value is -3.13. The number of hydrogen-bond acceptors (Lipinski definition) is 4. The number of hydrazine groups is 1. The largest absolute Gasteiger partial charge is 0.439 e. The fourth-order valence-electron chi connectivity index (χ4n) is 1.92. The first kappa shape index (κ1) is 16.7. The van der Waals surface area contributed by atoms with E-state index in [2.05, 4.69) is 36.7 Å². The van der Waals surface area contributed by atoms with Gasteiger partial charge < -0.3 is 9.72 Å². The molecule has 0 bridgehead atoms. The zero-order valence-corrected chi connectivity index (χ0v) is 14.4. The number of aromatic amines is 1. The van der Waals surface area contributed by atoms with Crippen molar-refractivity contribution in [3.05, 3.63) is 76.7 Å². The van der Waals surface area contributed by atoms with Crippen LogP contribution in [0.25, 0.3) is 0 Å². The molecule has 1 aromatic carbocycles. The van der Waals surface area contributed by atoms with Crippen molar-refractivity contribution >= 4 is 27.7 Å². The number of aromatic nitrogens is 2. The normalized spacial score (nSPS) is 10.1. The standard InChI is InChI=1S/C17H13BrN4O3/c18-12-4-6-13(7-5-12)25-15-8-3-11(10-20-15)16(23)21-22-17(24)14-2-1-9-19-14/h1-10,19H,(H,21,23)(H,22,24). The smallest absolute Gasteiger partial charge is 0.286 e. The van der Waals surface area contributed by atoms with Gasteiger partial charge >= 0.3 is 0 Å². The van der Waals surface area contributed by atoms with Crippen LogP contribution in [0, 0.1) is 0 Å². The van der Waals surface area contributed by atoms with Crippen molar-refractivity contribution in [2.24, 2.45) is 0 Å². The molecule has 2 heterocycles. The summed E-state index contributed by atoms with van der Waals surface area (Å²) in [6.07, 6.45) is 2.98. The number of pyridine rings is 1. The van der Waals surface area contributed by atoms with Gasteiger partial charge in [0.05, 0.1) is 5.56 Å². The second kappa shape index (κ2) is 7.63. The Morgan fingerprint density at radius 3 is 2.40 bits per heavy atom. The first-order valence-corrected chi connectivity index (χ1v) is 8.05. The number of benzene rings is 1. The van der Waals surface area contributed by atoms with Gasteiger partial charge in [0, 0.05) is 22.9 Å². The molecule has 2 amide bonds. The van der Waals surface area contributed by atoms with Crippen molar-refractivity contribution in [1.29, 1.82) is 0 Å². The summed E-state index contributed by atoms with van der Waals surface area (Å²) in [7, 11) is 0. The van der Waals surface area contributed by atoms with Gasteiger partial charge in [-0.15, -0.1) is 0 Å². The molecule has 0 atom stereocenters. The highest BCUT2D eigenvalue weighted by atomic mass is 79.9. The summed E-state index contributed by atoms with van der Waals surface area (Å²) in [4.78, 5) is 30.6. The molecule has 0 fully saturated rings. The van der Waals surface area contributed by atoms with Crippen LogP contribution in [-0.2, 0) is 0 Å². The number of hydrogen-bond donors (Lipinski definition) is 3. The molecule has 0 aliphatic rings. The molecule has 0 aliphatic heterocycles. The van der Waals surface area contributed by atoms with Gasteiger partial charge in [0.2, 0.25) is 5.88 Å². The van der Waals surface area contributed by atoms with E-state index >= 15 is 0 Å². The Morgan fingerprint density at radius 1 is 1.00 bits per heavy atom. The van der Waals surface area contributed by atoms with Crippen LogP contribution in [-0.4, -0.2) is 21.8 Å². The van der Waals surface area contributed by atoms with Gasteiger partial charge in [0.15, 0.2) is 0 Å². The third-order valence-corrected chi connectivity index (χ3v) is 3.70. The topological polar surface area (TPSA) is 96.1 Å². The van der Waals surface area contributed by atoms with E-state index in [1.165, 1.54) is 6.20 Å². The second-order valence-corrected chi connectivity index (χ2v) is 5.85. The first-order chi connectivity index (χ1) is 12.1. The van der Waals surface area contributed by atoms with E-state index < -0.39 is 11.8 Å². The highest BCUT2D eigenvalue weighted by Crippen LogP contribution is 2.21. The van der Waals surface area contributed by atoms with Crippen molar-refractivity contribution in [3.8, 4) is 11.6 Å². The number of amides is 2. The maximum Gasteiger partial charge on any atom is 0.286 e. The van der Waals surface area contributed by atoms with E-state index in [4.69, 9.17) is 4.74 Å². The van der Waals surface area contributed by atoms with Crippen LogP contribution in [0.15, 0.2) is 65.4 Å². The second-order valence-electron chi connectivity index (χ2n) is 4.93. The van der Waals surface area contributed by atoms with E-state index in [-0.39, 0.29) is 5.56 Å². The molecule has 0 unspecified atom stereocenters. The average Bonchev–Trinajstić information content (AvgIpc) is 3.17. The summed E-state index contributed by atoms with van der Waals surface area (Å²) in [6.45, 7) is 0. The lowest BCUT2D eigenvalue weighted by atomic mass is 10.3. The predicted octanol–water partition coefficient (Wildman–Crippen LogP) is 3.04. The van der Waals surface area contributed by atoms with E-state index in [0.29, 0.717) is 17.3 Å². The number of nitrogens with zero attached hydrogens (tertiary/aromatic N) is 1. The number of rotatable bonds is 4. The lowest BCUT2D eigenvalue weighted by molar-refractivity contribution is 0.0844. The fraction of sp³-hybridized carbons (Fsp3) is 0. The molecule has 25 heavy (non-hydrogen) atoms. The van der Waals surface area contributed by atoms with Gasteiger partial charge in [-0.3, -0.25) is 20.4 Å². The van der Waals surface area contributed by atoms with Crippen LogP contribution in [0.4, 0.5) is 0 Å². The van der Waals surface area contributed by atoms with Gasteiger partial charge in [-0.2, -0.15) is 0 Å². The molecule has 7 nitrogen and oxygen atoms in total. The van der Waals surface area contributed by atoms with E-state index in [1.54, 1.807) is 42.6 Å². The van der Waals surface area contributed by atoms with E-state index in [0.717, 1.165) is 4.47 Å². The summed E-state index contributed by atoms with van der Waals surface area (Å²) in [5, 5.41) is 0. The molecule has 0 saturated carbocycles. The van der Waals surface area contributed by atoms with Crippen LogP contribution in [0.1, 0.15) is 20.8 Å². The molecule has 2 aromatic heterocycles. The lowest BCUT2D eigenvalue weighted by Gasteiger charge is -2.07. The molecule has 3 rings (SSSR count). The maximum atomic E-state index is 12.0. The molecule has 8 heteroatoms. The Balaban J connectivity index is 1.57. The van der Waals surface area contributed by atoms with Crippen molar-refractivity contribution in [2.75, 3.05) is 0 Å². The van der Waals surface area contributed by atoms with E-state index in [1.807, 2.05) is 12.1 Å². The van der Waals surface area contributed by atoms with Crippen LogP contribution in [0.3, 0.4) is 0 Å². The zero-order valence-electron chi connectivity index (χ0n) is 12.8. The molecule has 3 aromatic rings. The third kappa shape index (κ3) is 4.45. The van der Waals surface area contributed by atoms with Gasteiger partial charge in [0.25, 0.3) is 11.8 Å². The van der Waals surface area contributed by atoms with Crippen LogP contribution >= 0.6 is 15.9 Å². The third-order valence-electron chi connectivity index (χ3n) is 3.17. The summed E-state index contributed by atoms with van der Waals surface area (Å²) in [5.41, 5.74) is 5.26. The van der Waals surface area contributed by atoms with E-state index in [9.17, 15) is 9.59 Å². The SMILES string of the molecule is O=C(NNC(=O)c1ccc[nH]1)c1ccc(Oc2ccc(Br)cc2)nc1. The number of nitrogens with one attached hydrogen (secondary N) is 3. The molecule has 0 spiro atoms. The minimum absolute atomic E-state index is 0.287. The summed E-state index contributed by atoms with van der Waals surface area (Å²) in [6, 6.07) is 13.7. The first-order valence-electron chi connectivity index (χ1n) is 7.25. The van der Waals surface area contributed by atoms with Crippen LogP contribution < -0.4 is 15.6 Å². The minimum atomic E-state index is -0.484. The van der Waals surface area contributed by atoms with Gasteiger partial charge in [0.1, 0.15) is 11.4 Å². The highest BCUT2D eigenvalue weighted by Gasteiger charge is 2.10. The Kier molecular flexibility index (Phi) is 5.10. The summed E-state index contributed by atoms with van der Waals surface area (Å²) in [5.74, 6) is 0.0597. The van der Waals surface area contributed by atoms with Crippen molar-refractivity contribution in [2.45, 2.75) is 0 Å². The molecule has 3 N–H and O–H groups in total. The average molecular weight is 401 g/mol. The molecule has 0 aliphatic carbocycles. The number of ether oxygens (including phenoxy) is 1.